The third kappa shape index (κ3) is 1.68. The zero-order valence-corrected chi connectivity index (χ0v) is 10.5. The first-order valence-corrected chi connectivity index (χ1v) is 6.32. The van der Waals surface area contributed by atoms with Crippen LogP contribution in [0.3, 0.4) is 0 Å². The number of hydrogen-bond acceptors (Lipinski definition) is 4. The smallest absolute Gasteiger partial charge is 0.407 e. The van der Waals surface area contributed by atoms with Gasteiger partial charge < -0.3 is 4.42 Å². The predicted octanol–water partition coefficient (Wildman–Crippen LogP) is 3.00. The Morgan fingerprint density at radius 1 is 1.33 bits per heavy atom. The van der Waals surface area contributed by atoms with Crippen molar-refractivity contribution >= 4 is 39.9 Å². The molecule has 4 nitrogen and oxygen atoms in total. The molecule has 3 aromatic rings. The highest BCUT2D eigenvalue weighted by Crippen LogP contribution is 2.20. The minimum Gasteiger partial charge on any atom is -0.407 e. The van der Waals surface area contributed by atoms with Crippen molar-refractivity contribution in [2.75, 3.05) is 0 Å². The van der Waals surface area contributed by atoms with Gasteiger partial charge in [-0.3, -0.25) is 4.79 Å². The molecule has 0 saturated carbocycles. The molecule has 3 rings (SSSR count). The third-order valence-corrected chi connectivity index (χ3v) is 3.57. The highest BCUT2D eigenvalue weighted by Gasteiger charge is 2.18. The topological polar surface area (TPSA) is 52.2 Å². The van der Waals surface area contributed by atoms with Gasteiger partial charge in [0.1, 0.15) is 0 Å². The minimum absolute atomic E-state index is 0.303. The van der Waals surface area contributed by atoms with E-state index < -0.39 is 11.7 Å². The fourth-order valence-corrected chi connectivity index (χ4v) is 2.51. The maximum atomic E-state index is 12.2. The van der Waals surface area contributed by atoms with Crippen LogP contribution in [0.25, 0.3) is 11.1 Å². The monoisotopic (exact) mass is 279 g/mol. The van der Waals surface area contributed by atoms with E-state index in [-0.39, 0.29) is 0 Å². The number of carbonyl (C=O) groups is 1. The lowest BCUT2D eigenvalue weighted by Crippen LogP contribution is -2.22. The first-order chi connectivity index (χ1) is 8.66. The summed E-state index contributed by atoms with van der Waals surface area (Å²) >= 11 is 7.08. The third-order valence-electron chi connectivity index (χ3n) is 2.48. The summed E-state index contributed by atoms with van der Waals surface area (Å²) in [6, 6.07) is 8.12. The molecular formula is C12H6ClNO3S. The van der Waals surface area contributed by atoms with Gasteiger partial charge in [0.05, 0.1) is 10.4 Å². The molecule has 0 saturated heterocycles. The molecule has 90 valence electrons. The Labute approximate surface area is 110 Å². The molecular weight excluding hydrogens is 274 g/mol. The summed E-state index contributed by atoms with van der Waals surface area (Å²) < 4.78 is 6.02. The zero-order valence-electron chi connectivity index (χ0n) is 8.92. The second-order valence-corrected chi connectivity index (χ2v) is 4.98. The molecule has 2 aromatic heterocycles. The van der Waals surface area contributed by atoms with Crippen molar-refractivity contribution in [1.82, 2.24) is 4.57 Å². The average molecular weight is 280 g/mol. The molecule has 0 bridgehead atoms. The molecule has 18 heavy (non-hydrogen) atoms. The van der Waals surface area contributed by atoms with Gasteiger partial charge in [-0.25, -0.2) is 9.36 Å². The van der Waals surface area contributed by atoms with Gasteiger partial charge in [0.2, 0.25) is 0 Å². The number of hydrogen-bond donors (Lipinski definition) is 0. The molecule has 0 N–H and O–H groups in total. The van der Waals surface area contributed by atoms with Crippen molar-refractivity contribution in [3.05, 3.63) is 56.2 Å². The van der Waals surface area contributed by atoms with Crippen molar-refractivity contribution in [3.8, 4) is 0 Å². The lowest BCUT2D eigenvalue weighted by atomic mass is 10.3. The summed E-state index contributed by atoms with van der Waals surface area (Å²) in [7, 11) is 0. The van der Waals surface area contributed by atoms with Crippen LogP contribution in [0.5, 0.6) is 0 Å². The zero-order chi connectivity index (χ0) is 12.7. The number of carbonyl (C=O) groups excluding carboxylic acids is 1. The van der Waals surface area contributed by atoms with Crippen LogP contribution in [0, 0.1) is 0 Å². The SMILES string of the molecule is O=C(c1cccs1)n1c(=O)oc2cc(Cl)ccc21. The Hall–Kier alpha value is -1.85. The molecule has 0 atom stereocenters. The summed E-state index contributed by atoms with van der Waals surface area (Å²) in [5.41, 5.74) is 0.722. The normalized spacial score (nSPS) is 10.9. The van der Waals surface area contributed by atoms with Crippen LogP contribution in [-0.2, 0) is 0 Å². The number of benzene rings is 1. The van der Waals surface area contributed by atoms with E-state index in [1.165, 1.54) is 17.4 Å². The average Bonchev–Trinajstić information content (AvgIpc) is 2.94. The second-order valence-electron chi connectivity index (χ2n) is 3.60. The van der Waals surface area contributed by atoms with Crippen LogP contribution in [0.15, 0.2) is 44.9 Å². The lowest BCUT2D eigenvalue weighted by molar-refractivity contribution is 0.0960. The summed E-state index contributed by atoms with van der Waals surface area (Å²) in [5.74, 6) is -1.10. The van der Waals surface area contributed by atoms with E-state index in [0.29, 0.717) is 21.0 Å². The lowest BCUT2D eigenvalue weighted by Gasteiger charge is -1.97. The van der Waals surface area contributed by atoms with E-state index in [1.54, 1.807) is 29.6 Å². The van der Waals surface area contributed by atoms with E-state index in [9.17, 15) is 9.59 Å². The number of aromatic nitrogens is 1. The van der Waals surface area contributed by atoms with Crippen molar-refractivity contribution < 1.29 is 9.21 Å². The van der Waals surface area contributed by atoms with Crippen molar-refractivity contribution in [3.63, 3.8) is 0 Å². The standard InChI is InChI=1S/C12H6ClNO3S/c13-7-3-4-8-9(6-7)17-12(16)14(8)11(15)10-2-1-5-18-10/h1-6H. The number of oxazole rings is 1. The summed E-state index contributed by atoms with van der Waals surface area (Å²) in [6.45, 7) is 0. The van der Waals surface area contributed by atoms with Gasteiger partial charge in [0.25, 0.3) is 5.91 Å². The summed E-state index contributed by atoms with van der Waals surface area (Å²) in [5, 5.41) is 2.23. The summed E-state index contributed by atoms with van der Waals surface area (Å²) in [4.78, 5) is 24.4. The van der Waals surface area contributed by atoms with E-state index in [2.05, 4.69) is 0 Å². The Balaban J connectivity index is 2.26. The van der Waals surface area contributed by atoms with Gasteiger partial charge in [0, 0.05) is 11.1 Å². The molecule has 2 heterocycles. The van der Waals surface area contributed by atoms with Gasteiger partial charge >= 0.3 is 5.76 Å². The van der Waals surface area contributed by atoms with E-state index in [0.717, 1.165) is 4.57 Å². The van der Waals surface area contributed by atoms with E-state index in [1.807, 2.05) is 0 Å². The van der Waals surface area contributed by atoms with Gasteiger partial charge in [-0.1, -0.05) is 17.7 Å². The minimum atomic E-state index is -0.703. The van der Waals surface area contributed by atoms with E-state index >= 15 is 0 Å². The maximum absolute atomic E-state index is 12.2. The van der Waals surface area contributed by atoms with Gasteiger partial charge in [-0.05, 0) is 23.6 Å². The molecule has 0 amide bonds. The van der Waals surface area contributed by atoms with Crippen molar-refractivity contribution in [2.24, 2.45) is 0 Å². The first kappa shape index (κ1) is 11.3. The van der Waals surface area contributed by atoms with Crippen LogP contribution in [0.1, 0.15) is 9.67 Å². The molecule has 6 heteroatoms. The molecule has 0 unspecified atom stereocenters. The van der Waals surface area contributed by atoms with Crippen LogP contribution in [0.2, 0.25) is 5.02 Å². The Morgan fingerprint density at radius 3 is 2.89 bits per heavy atom. The van der Waals surface area contributed by atoms with Crippen molar-refractivity contribution in [1.29, 1.82) is 0 Å². The Bertz CT molecular complexity index is 785. The van der Waals surface area contributed by atoms with Crippen LogP contribution in [-0.4, -0.2) is 10.5 Å². The number of rotatable bonds is 1. The highest BCUT2D eigenvalue weighted by molar-refractivity contribution is 7.12. The number of fused-ring (bicyclic) bond motifs is 1. The molecule has 0 aliphatic heterocycles. The molecule has 0 fully saturated rings. The maximum Gasteiger partial charge on any atom is 0.427 e. The van der Waals surface area contributed by atoms with Crippen LogP contribution < -0.4 is 5.76 Å². The molecule has 0 radical (unpaired) electrons. The van der Waals surface area contributed by atoms with E-state index in [4.69, 9.17) is 16.0 Å². The van der Waals surface area contributed by atoms with Crippen LogP contribution in [0.4, 0.5) is 0 Å². The Kier molecular flexibility index (Phi) is 2.57. The molecule has 1 aromatic carbocycles. The number of thiophene rings is 1. The largest absolute Gasteiger partial charge is 0.427 e. The van der Waals surface area contributed by atoms with Gasteiger partial charge in [-0.2, -0.15) is 0 Å². The van der Waals surface area contributed by atoms with Crippen LogP contribution >= 0.6 is 22.9 Å². The Morgan fingerprint density at radius 2 is 2.17 bits per heavy atom. The van der Waals surface area contributed by atoms with Crippen molar-refractivity contribution in [2.45, 2.75) is 0 Å². The molecule has 0 aliphatic carbocycles. The molecule has 0 aliphatic rings. The van der Waals surface area contributed by atoms with Gasteiger partial charge in [-0.15, -0.1) is 11.3 Å². The second kappa shape index (κ2) is 4.12. The fraction of sp³-hybridized carbons (Fsp3) is 0. The predicted molar refractivity (Wildman–Crippen MR) is 69.5 cm³/mol. The van der Waals surface area contributed by atoms with Gasteiger partial charge in [0.15, 0.2) is 5.58 Å². The quantitative estimate of drug-likeness (QED) is 0.688. The fourth-order valence-electron chi connectivity index (χ4n) is 1.70. The summed E-state index contributed by atoms with van der Waals surface area (Å²) in [6.07, 6.45) is 0. The number of nitrogens with zero attached hydrogens (tertiary/aromatic N) is 1. The number of halogens is 1. The first-order valence-electron chi connectivity index (χ1n) is 5.06. The highest BCUT2D eigenvalue weighted by atomic mass is 35.5. The molecule has 0 spiro atoms.